The minimum absolute atomic E-state index is 0.186. The van der Waals surface area contributed by atoms with Gasteiger partial charge in [0.15, 0.2) is 0 Å². The fraction of sp³-hybridized carbons (Fsp3) is 0.143. The third-order valence-electron chi connectivity index (χ3n) is 1.43. The number of hydrogen-bond acceptors (Lipinski definition) is 3. The zero-order valence-corrected chi connectivity index (χ0v) is 7.05. The maximum absolute atomic E-state index is 12.3. The Hall–Kier alpha value is -1.23. The van der Waals surface area contributed by atoms with E-state index in [4.69, 9.17) is 17.3 Å². The first-order valence-electron chi connectivity index (χ1n) is 3.26. The van der Waals surface area contributed by atoms with Crippen LogP contribution in [0.1, 0.15) is 22.5 Å². The summed E-state index contributed by atoms with van der Waals surface area (Å²) >= 11 is 5.03. The first-order valence-corrected chi connectivity index (χ1v) is 3.64. The van der Waals surface area contributed by atoms with Gasteiger partial charge in [-0.3, -0.25) is 9.78 Å². The van der Waals surface area contributed by atoms with Crippen LogP contribution in [0.5, 0.6) is 0 Å². The molecule has 6 heteroatoms. The molecule has 0 spiro atoms. The fourth-order valence-corrected chi connectivity index (χ4v) is 1.02. The highest BCUT2D eigenvalue weighted by Gasteiger charge is 2.21. The van der Waals surface area contributed by atoms with Gasteiger partial charge in [0.25, 0.3) is 11.7 Å². The molecule has 3 nitrogen and oxygen atoms in total. The summed E-state index contributed by atoms with van der Waals surface area (Å²) in [6, 6.07) is 1.19. The second-order valence-corrected chi connectivity index (χ2v) is 2.58. The summed E-state index contributed by atoms with van der Waals surface area (Å²) in [5, 5.41) is -1.04. The molecule has 0 aliphatic rings. The zero-order valence-electron chi connectivity index (χ0n) is 6.30. The third kappa shape index (κ3) is 1.92. The molecule has 1 rings (SSSR count). The second-order valence-electron chi connectivity index (χ2n) is 2.24. The van der Waals surface area contributed by atoms with E-state index in [1.54, 1.807) is 0 Å². The maximum Gasteiger partial charge on any atom is 0.271 e. The number of halogens is 3. The number of aromatic nitrogens is 1. The number of carbonyl (C=O) groups is 1. The van der Waals surface area contributed by atoms with Gasteiger partial charge in [0.05, 0.1) is 5.56 Å². The number of rotatable bonds is 2. The van der Waals surface area contributed by atoms with Gasteiger partial charge in [-0.05, 0) is 17.7 Å². The summed E-state index contributed by atoms with van der Waals surface area (Å²) in [5.41, 5.74) is 3.95. The van der Waals surface area contributed by atoms with E-state index in [0.717, 1.165) is 6.20 Å². The van der Waals surface area contributed by atoms with Crippen LogP contribution in [-0.4, -0.2) is 10.2 Å². The Morgan fingerprint density at radius 2 is 2.23 bits per heavy atom. The van der Waals surface area contributed by atoms with Crippen molar-refractivity contribution in [3.05, 3.63) is 23.5 Å². The highest BCUT2D eigenvalue weighted by atomic mass is 35.5. The number of anilines is 1. The van der Waals surface area contributed by atoms with Crippen molar-refractivity contribution in [2.75, 3.05) is 5.73 Å². The summed E-state index contributed by atoms with van der Waals surface area (Å²) in [4.78, 5) is 14.1. The van der Waals surface area contributed by atoms with Gasteiger partial charge >= 0.3 is 0 Å². The average molecular weight is 207 g/mol. The minimum Gasteiger partial charge on any atom is -0.398 e. The van der Waals surface area contributed by atoms with E-state index >= 15 is 0 Å². The number of pyridine rings is 1. The van der Waals surface area contributed by atoms with Crippen LogP contribution in [0.4, 0.5) is 14.5 Å². The molecule has 1 aromatic rings. The predicted molar refractivity (Wildman–Crippen MR) is 43.8 cm³/mol. The molecule has 0 bridgehead atoms. The molecule has 0 aliphatic heterocycles. The molecular weight excluding hydrogens is 202 g/mol. The van der Waals surface area contributed by atoms with Crippen LogP contribution in [0, 0.1) is 0 Å². The van der Waals surface area contributed by atoms with Crippen molar-refractivity contribution in [3.63, 3.8) is 0 Å². The Labute approximate surface area is 77.5 Å². The maximum atomic E-state index is 12.3. The van der Waals surface area contributed by atoms with Gasteiger partial charge < -0.3 is 5.73 Å². The normalized spacial score (nSPS) is 10.5. The minimum atomic E-state index is -2.86. The van der Waals surface area contributed by atoms with Gasteiger partial charge in [0.2, 0.25) is 0 Å². The van der Waals surface area contributed by atoms with Gasteiger partial charge in [-0.1, -0.05) is 0 Å². The molecule has 70 valence electrons. The zero-order chi connectivity index (χ0) is 10.0. The van der Waals surface area contributed by atoms with E-state index in [9.17, 15) is 13.6 Å². The lowest BCUT2D eigenvalue weighted by Gasteiger charge is -2.06. The van der Waals surface area contributed by atoms with Crippen LogP contribution in [0.2, 0.25) is 0 Å². The Morgan fingerprint density at radius 3 is 2.62 bits per heavy atom. The first-order chi connectivity index (χ1) is 6.04. The van der Waals surface area contributed by atoms with Gasteiger partial charge in [-0.2, -0.15) is 0 Å². The van der Waals surface area contributed by atoms with E-state index < -0.39 is 22.9 Å². The molecule has 0 saturated carbocycles. The summed E-state index contributed by atoms with van der Waals surface area (Å²) < 4.78 is 24.6. The van der Waals surface area contributed by atoms with E-state index in [1.165, 1.54) is 6.07 Å². The molecule has 0 unspecified atom stereocenters. The molecule has 0 aromatic carbocycles. The lowest BCUT2D eigenvalue weighted by molar-refractivity contribution is 0.106. The average Bonchev–Trinajstić information content (AvgIpc) is 2.02. The van der Waals surface area contributed by atoms with Gasteiger partial charge in [-0.15, -0.1) is 0 Å². The molecule has 0 saturated heterocycles. The number of nitrogens with zero attached hydrogens (tertiary/aromatic N) is 1. The molecule has 0 radical (unpaired) electrons. The Bertz CT molecular complexity index is 343. The van der Waals surface area contributed by atoms with E-state index in [-0.39, 0.29) is 5.69 Å². The van der Waals surface area contributed by atoms with Crippen LogP contribution in [0.25, 0.3) is 0 Å². The van der Waals surface area contributed by atoms with E-state index in [0.29, 0.717) is 0 Å². The van der Waals surface area contributed by atoms with Crippen molar-refractivity contribution in [1.82, 2.24) is 4.98 Å². The largest absolute Gasteiger partial charge is 0.398 e. The van der Waals surface area contributed by atoms with Crippen LogP contribution in [0.3, 0.4) is 0 Å². The topological polar surface area (TPSA) is 56.0 Å². The number of nitrogens with two attached hydrogens (primary N) is 1. The molecule has 0 amide bonds. The summed E-state index contributed by atoms with van der Waals surface area (Å²) in [6.45, 7) is 0. The lowest BCUT2D eigenvalue weighted by atomic mass is 10.2. The van der Waals surface area contributed by atoms with Crippen molar-refractivity contribution < 1.29 is 13.6 Å². The van der Waals surface area contributed by atoms with Crippen LogP contribution < -0.4 is 5.73 Å². The van der Waals surface area contributed by atoms with Crippen LogP contribution >= 0.6 is 11.6 Å². The molecule has 13 heavy (non-hydrogen) atoms. The highest BCUT2D eigenvalue weighted by molar-refractivity contribution is 6.67. The second kappa shape index (κ2) is 3.66. The van der Waals surface area contributed by atoms with Crippen LogP contribution in [-0.2, 0) is 0 Å². The SMILES string of the molecule is Nc1ccnc(C(=O)Cl)c1C(F)F. The Morgan fingerprint density at radius 1 is 1.62 bits per heavy atom. The quantitative estimate of drug-likeness (QED) is 0.753. The molecule has 0 atom stereocenters. The number of nitrogen functional groups attached to an aromatic ring is 1. The number of alkyl halides is 2. The van der Waals surface area contributed by atoms with E-state index in [2.05, 4.69) is 4.98 Å². The van der Waals surface area contributed by atoms with Crippen molar-refractivity contribution >= 4 is 22.5 Å². The summed E-state index contributed by atoms with van der Waals surface area (Å²) in [6.07, 6.45) is -1.71. The van der Waals surface area contributed by atoms with Crippen molar-refractivity contribution in [2.24, 2.45) is 0 Å². The standard InChI is InChI=1S/C7H5ClF2N2O/c8-6(13)5-4(7(9)10)3(11)1-2-12-5/h1-2,7H,(H2,11,12). The number of hydrogen-bond donors (Lipinski definition) is 1. The Balaban J connectivity index is 3.34. The molecule has 2 N–H and O–H groups in total. The molecular formula is C7H5ClF2N2O. The van der Waals surface area contributed by atoms with E-state index in [1.807, 2.05) is 0 Å². The van der Waals surface area contributed by atoms with Crippen molar-refractivity contribution in [3.8, 4) is 0 Å². The summed E-state index contributed by atoms with van der Waals surface area (Å²) in [5.74, 6) is 0. The Kier molecular flexibility index (Phi) is 2.77. The predicted octanol–water partition coefficient (Wildman–Crippen LogP) is 1.98. The van der Waals surface area contributed by atoms with Gasteiger partial charge in [-0.25, -0.2) is 8.78 Å². The van der Waals surface area contributed by atoms with Crippen molar-refractivity contribution in [1.29, 1.82) is 0 Å². The molecule has 1 aromatic heterocycles. The molecule has 1 heterocycles. The fourth-order valence-electron chi connectivity index (χ4n) is 0.874. The van der Waals surface area contributed by atoms with Gasteiger partial charge in [0, 0.05) is 11.9 Å². The first kappa shape index (κ1) is 9.85. The third-order valence-corrected chi connectivity index (χ3v) is 1.61. The molecule has 0 fully saturated rings. The lowest BCUT2D eigenvalue weighted by Crippen LogP contribution is -2.05. The van der Waals surface area contributed by atoms with Gasteiger partial charge in [0.1, 0.15) is 5.69 Å². The molecule has 0 aliphatic carbocycles. The summed E-state index contributed by atoms with van der Waals surface area (Å²) in [7, 11) is 0. The smallest absolute Gasteiger partial charge is 0.271 e. The van der Waals surface area contributed by atoms with Crippen LogP contribution in [0.15, 0.2) is 12.3 Å². The van der Waals surface area contributed by atoms with Crippen molar-refractivity contribution in [2.45, 2.75) is 6.43 Å². The number of carbonyl (C=O) groups excluding carboxylic acids is 1. The highest BCUT2D eigenvalue weighted by Crippen LogP contribution is 2.27. The monoisotopic (exact) mass is 206 g/mol.